The second-order valence-electron chi connectivity index (χ2n) is 4.58. The smallest absolute Gasteiger partial charge is 0.221 e. The molecule has 20 heavy (non-hydrogen) atoms. The largest absolute Gasteiger partial charge is 0.379 e. The van der Waals surface area contributed by atoms with Crippen molar-refractivity contribution in [3.05, 3.63) is 40.7 Å². The van der Waals surface area contributed by atoms with Gasteiger partial charge in [0.05, 0.1) is 23.0 Å². The summed E-state index contributed by atoms with van der Waals surface area (Å²) >= 11 is 6.19. The second-order valence-corrected chi connectivity index (χ2v) is 4.96. The van der Waals surface area contributed by atoms with Gasteiger partial charge >= 0.3 is 0 Å². The Morgan fingerprint density at radius 2 is 1.90 bits per heavy atom. The number of nitrogens with zero attached hydrogens (tertiary/aromatic N) is 2. The molecule has 0 aliphatic heterocycles. The van der Waals surface area contributed by atoms with Crippen LogP contribution in [0.5, 0.6) is 0 Å². The molecule has 1 aromatic heterocycles. The molecule has 1 heterocycles. The monoisotopic (exact) mass is 292 g/mol. The molecule has 106 valence electrons. The van der Waals surface area contributed by atoms with E-state index >= 15 is 0 Å². The van der Waals surface area contributed by atoms with Gasteiger partial charge < -0.3 is 10.6 Å². The molecular formula is C14H17ClN4O. The first-order valence-electron chi connectivity index (χ1n) is 6.27. The number of aryl methyl sites for hydroxylation is 2. The van der Waals surface area contributed by atoms with E-state index in [0.717, 1.165) is 22.8 Å². The fraction of sp³-hybridized carbons (Fsp3) is 0.286. The fourth-order valence-corrected chi connectivity index (χ4v) is 2.16. The Labute approximate surface area is 122 Å². The molecule has 1 aromatic carbocycles. The number of aromatic nitrogens is 2. The Kier molecular flexibility index (Phi) is 4.29. The SMILES string of the molecule is CC(=O)Nc1ccc(NCc2c(Cl)c(C)nn2C)cc1. The number of carbonyl (C=O) groups is 1. The standard InChI is InChI=1S/C14H17ClN4O/c1-9-14(15)13(19(3)18-9)8-16-11-4-6-12(7-5-11)17-10(2)20/h4-7,16H,8H2,1-3H3,(H,17,20). The topological polar surface area (TPSA) is 59.0 Å². The van der Waals surface area contributed by atoms with Crippen molar-refractivity contribution in [1.82, 2.24) is 9.78 Å². The fourth-order valence-electron chi connectivity index (χ4n) is 1.93. The summed E-state index contributed by atoms with van der Waals surface area (Å²) < 4.78 is 1.77. The summed E-state index contributed by atoms with van der Waals surface area (Å²) in [5.41, 5.74) is 3.49. The lowest BCUT2D eigenvalue weighted by Crippen LogP contribution is -2.07. The van der Waals surface area contributed by atoms with Crippen molar-refractivity contribution in [2.75, 3.05) is 10.6 Å². The lowest BCUT2D eigenvalue weighted by Gasteiger charge is -2.08. The van der Waals surface area contributed by atoms with Crippen LogP contribution in [0.3, 0.4) is 0 Å². The van der Waals surface area contributed by atoms with Gasteiger partial charge in [-0.2, -0.15) is 5.10 Å². The third-order valence-electron chi connectivity index (χ3n) is 2.93. The van der Waals surface area contributed by atoms with Gasteiger partial charge in [0.2, 0.25) is 5.91 Å². The maximum absolute atomic E-state index is 10.9. The van der Waals surface area contributed by atoms with Crippen LogP contribution in [-0.4, -0.2) is 15.7 Å². The molecule has 0 atom stereocenters. The quantitative estimate of drug-likeness (QED) is 0.911. The molecule has 1 amide bonds. The molecular weight excluding hydrogens is 276 g/mol. The predicted octanol–water partition coefficient (Wildman–Crippen LogP) is 2.95. The minimum Gasteiger partial charge on any atom is -0.379 e. The average Bonchev–Trinajstić information content (AvgIpc) is 2.62. The number of halogens is 1. The Morgan fingerprint density at radius 1 is 1.30 bits per heavy atom. The van der Waals surface area contributed by atoms with Gasteiger partial charge in [0.15, 0.2) is 0 Å². The predicted molar refractivity (Wildman–Crippen MR) is 81.0 cm³/mol. The first-order chi connectivity index (χ1) is 9.47. The summed E-state index contributed by atoms with van der Waals surface area (Å²) in [6.07, 6.45) is 0. The van der Waals surface area contributed by atoms with E-state index in [-0.39, 0.29) is 5.91 Å². The van der Waals surface area contributed by atoms with Gasteiger partial charge in [0.1, 0.15) is 0 Å². The highest BCUT2D eigenvalue weighted by Crippen LogP contribution is 2.21. The molecule has 0 unspecified atom stereocenters. The van der Waals surface area contributed by atoms with Crippen LogP contribution in [0.25, 0.3) is 0 Å². The Balaban J connectivity index is 2.02. The maximum atomic E-state index is 10.9. The van der Waals surface area contributed by atoms with Gasteiger partial charge in [-0.15, -0.1) is 0 Å². The molecule has 5 nitrogen and oxygen atoms in total. The summed E-state index contributed by atoms with van der Waals surface area (Å²) in [6.45, 7) is 3.96. The van der Waals surface area contributed by atoms with Crippen LogP contribution >= 0.6 is 11.6 Å². The molecule has 0 aliphatic carbocycles. The van der Waals surface area contributed by atoms with Crippen LogP contribution in [0.4, 0.5) is 11.4 Å². The number of hydrogen-bond acceptors (Lipinski definition) is 3. The molecule has 2 rings (SSSR count). The second kappa shape index (κ2) is 5.96. The summed E-state index contributed by atoms with van der Waals surface area (Å²) in [6, 6.07) is 7.50. The molecule has 6 heteroatoms. The molecule has 0 saturated carbocycles. The van der Waals surface area contributed by atoms with Crippen molar-refractivity contribution in [1.29, 1.82) is 0 Å². The molecule has 0 bridgehead atoms. The Bertz CT molecular complexity index is 619. The van der Waals surface area contributed by atoms with Gasteiger partial charge in [-0.05, 0) is 31.2 Å². The van der Waals surface area contributed by atoms with Crippen molar-refractivity contribution in [2.45, 2.75) is 20.4 Å². The van der Waals surface area contributed by atoms with Crippen molar-refractivity contribution >= 4 is 28.9 Å². The third-order valence-corrected chi connectivity index (χ3v) is 3.42. The number of nitrogens with one attached hydrogen (secondary N) is 2. The minimum absolute atomic E-state index is 0.0807. The molecule has 2 N–H and O–H groups in total. The normalized spacial score (nSPS) is 10.4. The van der Waals surface area contributed by atoms with E-state index in [4.69, 9.17) is 11.6 Å². The van der Waals surface area contributed by atoms with Gasteiger partial charge in [0.25, 0.3) is 0 Å². The highest BCUT2D eigenvalue weighted by molar-refractivity contribution is 6.31. The number of rotatable bonds is 4. The van der Waals surface area contributed by atoms with E-state index < -0.39 is 0 Å². The zero-order chi connectivity index (χ0) is 14.7. The van der Waals surface area contributed by atoms with Crippen LogP contribution in [0.1, 0.15) is 18.3 Å². The van der Waals surface area contributed by atoms with Gasteiger partial charge in [0, 0.05) is 25.3 Å². The zero-order valence-electron chi connectivity index (χ0n) is 11.7. The minimum atomic E-state index is -0.0807. The molecule has 0 fully saturated rings. The van der Waals surface area contributed by atoms with Crippen LogP contribution in [-0.2, 0) is 18.4 Å². The van der Waals surface area contributed by atoms with E-state index in [1.54, 1.807) is 4.68 Å². The molecule has 0 radical (unpaired) electrons. The van der Waals surface area contributed by atoms with E-state index in [9.17, 15) is 4.79 Å². The van der Waals surface area contributed by atoms with Crippen molar-refractivity contribution in [3.63, 3.8) is 0 Å². The lowest BCUT2D eigenvalue weighted by molar-refractivity contribution is -0.114. The van der Waals surface area contributed by atoms with Crippen LogP contribution in [0.15, 0.2) is 24.3 Å². The summed E-state index contributed by atoms with van der Waals surface area (Å²) in [7, 11) is 1.87. The first kappa shape index (κ1) is 14.4. The van der Waals surface area contributed by atoms with Gasteiger partial charge in [-0.3, -0.25) is 9.48 Å². The maximum Gasteiger partial charge on any atom is 0.221 e. The van der Waals surface area contributed by atoms with E-state index in [0.29, 0.717) is 11.6 Å². The highest BCUT2D eigenvalue weighted by atomic mass is 35.5. The van der Waals surface area contributed by atoms with Crippen molar-refractivity contribution < 1.29 is 4.79 Å². The highest BCUT2D eigenvalue weighted by Gasteiger charge is 2.10. The third kappa shape index (κ3) is 3.30. The number of anilines is 2. The van der Waals surface area contributed by atoms with Crippen molar-refractivity contribution in [2.24, 2.45) is 7.05 Å². The average molecular weight is 293 g/mol. The molecule has 0 spiro atoms. The van der Waals surface area contributed by atoms with Gasteiger partial charge in [-0.1, -0.05) is 11.6 Å². The molecule has 0 aliphatic rings. The summed E-state index contributed by atoms with van der Waals surface area (Å²) in [5.74, 6) is -0.0807. The summed E-state index contributed by atoms with van der Waals surface area (Å²) in [5, 5.41) is 11.0. The van der Waals surface area contributed by atoms with Gasteiger partial charge in [-0.25, -0.2) is 0 Å². The summed E-state index contributed by atoms with van der Waals surface area (Å²) in [4.78, 5) is 10.9. The van der Waals surface area contributed by atoms with Crippen molar-refractivity contribution in [3.8, 4) is 0 Å². The lowest BCUT2D eigenvalue weighted by atomic mass is 10.2. The number of benzene rings is 1. The molecule has 0 saturated heterocycles. The van der Waals surface area contributed by atoms with Crippen LogP contribution in [0, 0.1) is 6.92 Å². The first-order valence-corrected chi connectivity index (χ1v) is 6.64. The zero-order valence-corrected chi connectivity index (χ0v) is 12.5. The number of carbonyl (C=O) groups excluding carboxylic acids is 1. The van der Waals surface area contributed by atoms with E-state index in [1.807, 2.05) is 38.2 Å². The Morgan fingerprint density at radius 3 is 2.40 bits per heavy atom. The van der Waals surface area contributed by atoms with E-state index in [1.165, 1.54) is 6.92 Å². The van der Waals surface area contributed by atoms with Crippen LogP contribution < -0.4 is 10.6 Å². The number of amides is 1. The van der Waals surface area contributed by atoms with Crippen LogP contribution in [0.2, 0.25) is 5.02 Å². The number of hydrogen-bond donors (Lipinski definition) is 2. The molecule has 2 aromatic rings. The van der Waals surface area contributed by atoms with E-state index in [2.05, 4.69) is 15.7 Å². The Hall–Kier alpha value is -2.01.